The second kappa shape index (κ2) is 5.43. The molecule has 1 heterocycles. The maximum Gasteiger partial charge on any atom is 0.371 e. The van der Waals surface area contributed by atoms with Crippen molar-refractivity contribution in [2.75, 3.05) is 5.73 Å². The first kappa shape index (κ1) is 13.6. The van der Waals surface area contributed by atoms with Crippen LogP contribution in [0.2, 0.25) is 0 Å². The van der Waals surface area contributed by atoms with Crippen molar-refractivity contribution in [3.8, 4) is 0 Å². The minimum absolute atomic E-state index is 0.00927. The Balaban J connectivity index is 2.05. The molecule has 0 bridgehead atoms. The molecule has 0 unspecified atom stereocenters. The van der Waals surface area contributed by atoms with Gasteiger partial charge in [0.25, 0.3) is 5.91 Å². The standard InChI is InChI=1S/C13H11FN2O4/c14-9-3-1-2-8(11(9)15)12(17)16-6-7-4-5-10(20-7)13(18)19/h1-5H,6,15H2,(H,16,17)(H,18,19). The molecule has 1 amide bonds. The molecule has 0 saturated carbocycles. The number of furan rings is 1. The van der Waals surface area contributed by atoms with Gasteiger partial charge in [-0.25, -0.2) is 9.18 Å². The zero-order chi connectivity index (χ0) is 14.7. The van der Waals surface area contributed by atoms with E-state index in [1.165, 1.54) is 24.3 Å². The van der Waals surface area contributed by atoms with Gasteiger partial charge >= 0.3 is 5.97 Å². The van der Waals surface area contributed by atoms with Crippen molar-refractivity contribution in [2.45, 2.75) is 6.54 Å². The molecule has 2 aromatic rings. The highest BCUT2D eigenvalue weighted by Gasteiger charge is 2.14. The molecule has 20 heavy (non-hydrogen) atoms. The third-order valence-electron chi connectivity index (χ3n) is 2.59. The number of nitrogens with two attached hydrogens (primary N) is 1. The molecule has 0 aliphatic rings. The lowest BCUT2D eigenvalue weighted by molar-refractivity contribution is 0.0660. The zero-order valence-corrected chi connectivity index (χ0v) is 10.2. The van der Waals surface area contributed by atoms with Crippen LogP contribution in [-0.2, 0) is 6.54 Å². The van der Waals surface area contributed by atoms with Crippen LogP contribution in [0.25, 0.3) is 0 Å². The topological polar surface area (TPSA) is 106 Å². The number of hydrogen-bond donors (Lipinski definition) is 3. The largest absolute Gasteiger partial charge is 0.475 e. The predicted octanol–water partition coefficient (Wildman–Crippen LogP) is 1.63. The first-order valence-electron chi connectivity index (χ1n) is 5.63. The number of rotatable bonds is 4. The van der Waals surface area contributed by atoms with Crippen LogP contribution in [0.3, 0.4) is 0 Å². The Hall–Kier alpha value is -2.83. The number of halogens is 1. The molecule has 0 aliphatic heterocycles. The summed E-state index contributed by atoms with van der Waals surface area (Å²) in [5.74, 6) is -2.40. The van der Waals surface area contributed by atoms with Crippen molar-refractivity contribution in [3.63, 3.8) is 0 Å². The molecule has 0 spiro atoms. The van der Waals surface area contributed by atoms with Gasteiger partial charge in [0.1, 0.15) is 11.6 Å². The SMILES string of the molecule is Nc1c(F)cccc1C(=O)NCc1ccc(C(=O)O)o1. The number of aromatic carboxylic acids is 1. The van der Waals surface area contributed by atoms with E-state index in [0.29, 0.717) is 0 Å². The summed E-state index contributed by atoms with van der Waals surface area (Å²) in [4.78, 5) is 22.4. The van der Waals surface area contributed by atoms with Crippen LogP contribution >= 0.6 is 0 Å². The third-order valence-corrected chi connectivity index (χ3v) is 2.59. The van der Waals surface area contributed by atoms with E-state index < -0.39 is 17.7 Å². The molecule has 4 N–H and O–H groups in total. The fourth-order valence-electron chi connectivity index (χ4n) is 1.59. The molecule has 0 saturated heterocycles. The lowest BCUT2D eigenvalue weighted by atomic mass is 10.1. The van der Waals surface area contributed by atoms with E-state index in [2.05, 4.69) is 5.32 Å². The highest BCUT2D eigenvalue weighted by Crippen LogP contribution is 2.16. The van der Waals surface area contributed by atoms with Gasteiger partial charge in [-0.1, -0.05) is 6.07 Å². The van der Waals surface area contributed by atoms with Gasteiger partial charge < -0.3 is 20.6 Å². The lowest BCUT2D eigenvalue weighted by Crippen LogP contribution is -2.23. The maximum atomic E-state index is 13.2. The Morgan fingerprint density at radius 2 is 2.05 bits per heavy atom. The minimum Gasteiger partial charge on any atom is -0.475 e. The number of para-hydroxylation sites is 1. The summed E-state index contributed by atoms with van der Waals surface area (Å²) in [5, 5.41) is 11.1. The number of nitrogen functional groups attached to an aromatic ring is 1. The second-order valence-corrected chi connectivity index (χ2v) is 3.95. The van der Waals surface area contributed by atoms with Crippen LogP contribution in [0, 0.1) is 5.82 Å². The summed E-state index contributed by atoms with van der Waals surface area (Å²) in [6, 6.07) is 6.62. The molecular formula is C13H11FN2O4. The number of benzene rings is 1. The van der Waals surface area contributed by atoms with E-state index in [4.69, 9.17) is 15.3 Å². The molecule has 0 radical (unpaired) electrons. The monoisotopic (exact) mass is 278 g/mol. The van der Waals surface area contributed by atoms with Crippen molar-refractivity contribution in [1.82, 2.24) is 5.32 Å². The van der Waals surface area contributed by atoms with E-state index in [1.54, 1.807) is 0 Å². The van der Waals surface area contributed by atoms with E-state index in [1.807, 2.05) is 0 Å². The summed E-state index contributed by atoms with van der Waals surface area (Å²) in [5.41, 5.74) is 5.23. The molecule has 2 rings (SSSR count). The van der Waals surface area contributed by atoms with Gasteiger partial charge in [-0.3, -0.25) is 4.79 Å². The summed E-state index contributed by atoms with van der Waals surface area (Å²) in [6.45, 7) is -0.0257. The van der Waals surface area contributed by atoms with Crippen LogP contribution in [0.1, 0.15) is 26.7 Å². The van der Waals surface area contributed by atoms with Gasteiger partial charge in [-0.15, -0.1) is 0 Å². The van der Waals surface area contributed by atoms with Gasteiger partial charge in [0.2, 0.25) is 5.76 Å². The van der Waals surface area contributed by atoms with E-state index in [0.717, 1.165) is 6.07 Å². The second-order valence-electron chi connectivity index (χ2n) is 3.95. The first-order valence-corrected chi connectivity index (χ1v) is 5.63. The summed E-state index contributed by atoms with van der Waals surface area (Å²) >= 11 is 0. The van der Waals surface area contributed by atoms with Gasteiger partial charge in [0.05, 0.1) is 17.8 Å². The van der Waals surface area contributed by atoms with Crippen LogP contribution in [0.15, 0.2) is 34.7 Å². The fourth-order valence-corrected chi connectivity index (χ4v) is 1.59. The lowest BCUT2D eigenvalue weighted by Gasteiger charge is -2.06. The van der Waals surface area contributed by atoms with E-state index in [9.17, 15) is 14.0 Å². The maximum absolute atomic E-state index is 13.2. The number of carbonyl (C=O) groups is 2. The number of hydrogen-bond acceptors (Lipinski definition) is 4. The van der Waals surface area contributed by atoms with Gasteiger partial charge in [-0.05, 0) is 24.3 Å². The van der Waals surface area contributed by atoms with E-state index >= 15 is 0 Å². The van der Waals surface area contributed by atoms with Crippen LogP contribution in [0.4, 0.5) is 10.1 Å². The number of carboxylic acids is 1. The number of anilines is 1. The number of nitrogens with one attached hydrogen (secondary N) is 1. The van der Waals surface area contributed by atoms with Crippen LogP contribution in [0.5, 0.6) is 0 Å². The van der Waals surface area contributed by atoms with Crippen LogP contribution in [-0.4, -0.2) is 17.0 Å². The molecule has 104 valence electrons. The van der Waals surface area contributed by atoms with Crippen molar-refractivity contribution < 1.29 is 23.5 Å². The highest BCUT2D eigenvalue weighted by molar-refractivity contribution is 5.99. The fraction of sp³-hybridized carbons (Fsp3) is 0.0769. The molecule has 0 atom stereocenters. The third kappa shape index (κ3) is 2.77. The summed E-state index contributed by atoms with van der Waals surface area (Å²) in [6.07, 6.45) is 0. The molecule has 6 nitrogen and oxygen atoms in total. The number of carbonyl (C=O) groups excluding carboxylic acids is 1. The Morgan fingerprint density at radius 1 is 1.30 bits per heavy atom. The predicted molar refractivity (Wildman–Crippen MR) is 67.6 cm³/mol. The van der Waals surface area contributed by atoms with Crippen molar-refractivity contribution in [2.24, 2.45) is 0 Å². The normalized spacial score (nSPS) is 10.2. The van der Waals surface area contributed by atoms with Crippen molar-refractivity contribution >= 4 is 17.6 Å². The molecule has 7 heteroatoms. The highest BCUT2D eigenvalue weighted by atomic mass is 19.1. The Labute approximate surface area is 113 Å². The number of carboxylic acid groups (broad SMARTS) is 1. The average Bonchev–Trinajstić information content (AvgIpc) is 2.88. The molecule has 0 aliphatic carbocycles. The molecule has 1 aromatic heterocycles. The van der Waals surface area contributed by atoms with E-state index in [-0.39, 0.29) is 29.3 Å². The minimum atomic E-state index is -1.20. The molecular weight excluding hydrogens is 267 g/mol. The smallest absolute Gasteiger partial charge is 0.371 e. The molecule has 0 fully saturated rings. The zero-order valence-electron chi connectivity index (χ0n) is 10.2. The average molecular weight is 278 g/mol. The van der Waals surface area contributed by atoms with Gasteiger partial charge in [-0.2, -0.15) is 0 Å². The quantitative estimate of drug-likeness (QED) is 0.737. The Bertz CT molecular complexity index is 666. The first-order chi connectivity index (χ1) is 9.49. The van der Waals surface area contributed by atoms with Gasteiger partial charge in [0.15, 0.2) is 0 Å². The Morgan fingerprint density at radius 3 is 2.70 bits per heavy atom. The number of amides is 1. The van der Waals surface area contributed by atoms with Crippen LogP contribution < -0.4 is 11.1 Å². The summed E-state index contributed by atoms with van der Waals surface area (Å²) in [7, 11) is 0. The van der Waals surface area contributed by atoms with Gasteiger partial charge in [0, 0.05) is 0 Å². The molecule has 1 aromatic carbocycles. The Kier molecular flexibility index (Phi) is 3.69. The summed E-state index contributed by atoms with van der Waals surface area (Å²) < 4.78 is 18.2. The van der Waals surface area contributed by atoms with Crippen molar-refractivity contribution in [3.05, 3.63) is 53.2 Å². The van der Waals surface area contributed by atoms with Crippen molar-refractivity contribution in [1.29, 1.82) is 0 Å².